The fraction of sp³-hybridized carbons (Fsp3) is 0. The first-order valence-electron chi connectivity index (χ1n) is 6.67. The molecule has 0 saturated heterocycles. The standard InChI is InChI=1S/C17H9N3O2/c18-8-7-12-14-11-4-2-1-3-10(11)5-6-13(14)22-17-15(12)16(21)19-9-20-17/h1-7,9H,(H,19,20,21)/b12-7-. The molecule has 0 amide bonds. The van der Waals surface area contributed by atoms with Crippen molar-refractivity contribution in [1.82, 2.24) is 9.97 Å². The molecule has 5 nitrogen and oxygen atoms in total. The molecule has 0 unspecified atom stereocenters. The largest absolute Gasteiger partial charge is 0.437 e. The minimum absolute atomic E-state index is 0.216. The van der Waals surface area contributed by atoms with Gasteiger partial charge in [-0.1, -0.05) is 30.3 Å². The van der Waals surface area contributed by atoms with Crippen molar-refractivity contribution in [2.24, 2.45) is 0 Å². The van der Waals surface area contributed by atoms with Crippen LogP contribution < -0.4 is 10.3 Å². The van der Waals surface area contributed by atoms with Gasteiger partial charge in [0.15, 0.2) is 0 Å². The lowest BCUT2D eigenvalue weighted by Gasteiger charge is -2.21. The highest BCUT2D eigenvalue weighted by Gasteiger charge is 2.27. The van der Waals surface area contributed by atoms with Crippen molar-refractivity contribution in [3.8, 4) is 17.7 Å². The number of allylic oxidation sites excluding steroid dienone is 1. The van der Waals surface area contributed by atoms with Crippen LogP contribution in [0.15, 0.2) is 53.6 Å². The molecule has 0 fully saturated rings. The lowest BCUT2D eigenvalue weighted by molar-refractivity contribution is 0.452. The summed E-state index contributed by atoms with van der Waals surface area (Å²) >= 11 is 0. The first-order valence-corrected chi connectivity index (χ1v) is 6.67. The summed E-state index contributed by atoms with van der Waals surface area (Å²) in [6.07, 6.45) is 2.65. The fourth-order valence-corrected chi connectivity index (χ4v) is 2.75. The van der Waals surface area contributed by atoms with E-state index < -0.39 is 0 Å². The van der Waals surface area contributed by atoms with E-state index in [1.54, 1.807) is 0 Å². The van der Waals surface area contributed by atoms with E-state index in [1.165, 1.54) is 12.4 Å². The number of nitriles is 1. The molecule has 0 aliphatic carbocycles. The lowest BCUT2D eigenvalue weighted by Crippen LogP contribution is -2.18. The molecular weight excluding hydrogens is 278 g/mol. The van der Waals surface area contributed by atoms with E-state index in [2.05, 4.69) is 9.97 Å². The Bertz CT molecular complexity index is 1040. The first-order chi connectivity index (χ1) is 10.8. The van der Waals surface area contributed by atoms with Crippen molar-refractivity contribution in [1.29, 1.82) is 5.26 Å². The summed E-state index contributed by atoms with van der Waals surface area (Å²) in [5, 5.41) is 11.1. The highest BCUT2D eigenvalue weighted by atomic mass is 16.5. The molecule has 0 bridgehead atoms. The minimum Gasteiger partial charge on any atom is -0.437 e. The average Bonchev–Trinajstić information content (AvgIpc) is 2.54. The number of hydrogen-bond donors (Lipinski definition) is 1. The van der Waals surface area contributed by atoms with Gasteiger partial charge in [0.05, 0.1) is 12.4 Å². The van der Waals surface area contributed by atoms with Gasteiger partial charge in [-0.2, -0.15) is 5.26 Å². The van der Waals surface area contributed by atoms with Crippen LogP contribution in [0.25, 0.3) is 16.3 Å². The molecule has 22 heavy (non-hydrogen) atoms. The predicted molar refractivity (Wildman–Crippen MR) is 81.6 cm³/mol. The number of ether oxygens (including phenoxy) is 1. The summed E-state index contributed by atoms with van der Waals surface area (Å²) in [5.74, 6) is 0.804. The third-order valence-electron chi connectivity index (χ3n) is 3.66. The maximum atomic E-state index is 12.2. The molecule has 0 saturated carbocycles. The van der Waals surface area contributed by atoms with Gasteiger partial charge >= 0.3 is 0 Å². The highest BCUT2D eigenvalue weighted by molar-refractivity contribution is 6.02. The zero-order chi connectivity index (χ0) is 15.1. The molecule has 1 N–H and O–H groups in total. The number of nitrogens with zero attached hydrogens (tertiary/aromatic N) is 2. The monoisotopic (exact) mass is 287 g/mol. The predicted octanol–water partition coefficient (Wildman–Crippen LogP) is 2.98. The molecule has 4 rings (SSSR count). The van der Waals surface area contributed by atoms with Crippen molar-refractivity contribution < 1.29 is 4.74 Å². The normalized spacial score (nSPS) is 14.0. The van der Waals surface area contributed by atoms with Gasteiger partial charge in [0.2, 0.25) is 5.88 Å². The van der Waals surface area contributed by atoms with Crippen LogP contribution in [0.4, 0.5) is 0 Å². The van der Waals surface area contributed by atoms with Crippen molar-refractivity contribution in [2.75, 3.05) is 0 Å². The number of hydrogen-bond acceptors (Lipinski definition) is 4. The van der Waals surface area contributed by atoms with E-state index >= 15 is 0 Å². The molecule has 0 atom stereocenters. The Morgan fingerprint density at radius 2 is 2.05 bits per heavy atom. The van der Waals surface area contributed by atoms with Crippen LogP contribution in [0, 0.1) is 11.3 Å². The van der Waals surface area contributed by atoms with Crippen LogP contribution in [0.3, 0.4) is 0 Å². The van der Waals surface area contributed by atoms with Gasteiger partial charge in [-0.05, 0) is 16.8 Å². The second kappa shape index (κ2) is 4.57. The van der Waals surface area contributed by atoms with Gasteiger partial charge in [-0.3, -0.25) is 4.79 Å². The Labute approximate surface area is 125 Å². The summed E-state index contributed by atoms with van der Waals surface area (Å²) < 4.78 is 5.76. The van der Waals surface area contributed by atoms with Gasteiger partial charge < -0.3 is 9.72 Å². The molecule has 1 aliphatic rings. The summed E-state index contributed by atoms with van der Waals surface area (Å²) in [6.45, 7) is 0. The molecule has 2 aromatic carbocycles. The van der Waals surface area contributed by atoms with E-state index in [0.717, 1.165) is 16.3 Å². The summed E-state index contributed by atoms with van der Waals surface area (Å²) in [5.41, 5.74) is 1.23. The van der Waals surface area contributed by atoms with E-state index in [9.17, 15) is 4.79 Å². The third-order valence-corrected chi connectivity index (χ3v) is 3.66. The Morgan fingerprint density at radius 1 is 1.18 bits per heavy atom. The van der Waals surface area contributed by atoms with E-state index in [4.69, 9.17) is 10.00 Å². The number of fused-ring (bicyclic) bond motifs is 4. The molecular formula is C17H9N3O2. The number of benzene rings is 2. The first kappa shape index (κ1) is 12.4. The maximum absolute atomic E-state index is 12.2. The lowest BCUT2D eigenvalue weighted by atomic mass is 9.91. The summed E-state index contributed by atoms with van der Waals surface area (Å²) in [4.78, 5) is 18.8. The van der Waals surface area contributed by atoms with E-state index in [0.29, 0.717) is 11.3 Å². The number of rotatable bonds is 0. The third kappa shape index (κ3) is 1.64. The van der Waals surface area contributed by atoms with Gasteiger partial charge in [0.1, 0.15) is 11.3 Å². The minimum atomic E-state index is -0.329. The van der Waals surface area contributed by atoms with Crippen molar-refractivity contribution in [3.63, 3.8) is 0 Å². The Balaban J connectivity index is 2.15. The number of H-pyrrole nitrogens is 1. The van der Waals surface area contributed by atoms with Gasteiger partial charge in [0.25, 0.3) is 5.56 Å². The summed E-state index contributed by atoms with van der Waals surface area (Å²) in [6, 6.07) is 13.6. The average molecular weight is 287 g/mol. The van der Waals surface area contributed by atoms with E-state index in [-0.39, 0.29) is 17.0 Å². The zero-order valence-corrected chi connectivity index (χ0v) is 11.3. The van der Waals surface area contributed by atoms with Gasteiger partial charge in [0, 0.05) is 17.2 Å². The van der Waals surface area contributed by atoms with Crippen LogP contribution in [0.1, 0.15) is 11.1 Å². The quantitative estimate of drug-likeness (QED) is 0.504. The Morgan fingerprint density at radius 3 is 2.91 bits per heavy atom. The maximum Gasteiger partial charge on any atom is 0.262 e. The van der Waals surface area contributed by atoms with E-state index in [1.807, 2.05) is 42.5 Å². The zero-order valence-electron chi connectivity index (χ0n) is 11.3. The van der Waals surface area contributed by atoms with Crippen LogP contribution >= 0.6 is 0 Å². The molecule has 104 valence electrons. The van der Waals surface area contributed by atoms with Crippen LogP contribution in [-0.4, -0.2) is 9.97 Å². The molecule has 1 aliphatic heterocycles. The molecule has 3 aromatic rings. The van der Waals surface area contributed by atoms with Crippen LogP contribution in [-0.2, 0) is 0 Å². The second-order valence-electron chi connectivity index (χ2n) is 4.86. The Kier molecular flexibility index (Phi) is 2.57. The second-order valence-corrected chi connectivity index (χ2v) is 4.86. The van der Waals surface area contributed by atoms with Crippen LogP contribution in [0.2, 0.25) is 0 Å². The molecule has 1 aromatic heterocycles. The topological polar surface area (TPSA) is 78.8 Å². The smallest absolute Gasteiger partial charge is 0.262 e. The van der Waals surface area contributed by atoms with Gasteiger partial charge in [-0.25, -0.2) is 4.98 Å². The SMILES string of the molecule is N#C/C=C1\c2c(nc[nH]c2=O)Oc2ccc3ccccc3c21. The Hall–Kier alpha value is -3.39. The summed E-state index contributed by atoms with van der Waals surface area (Å²) in [7, 11) is 0. The molecule has 0 radical (unpaired) electrons. The van der Waals surface area contributed by atoms with Crippen molar-refractivity contribution in [3.05, 3.63) is 70.3 Å². The number of nitrogens with one attached hydrogen (secondary N) is 1. The van der Waals surface area contributed by atoms with Crippen molar-refractivity contribution >= 4 is 16.3 Å². The van der Waals surface area contributed by atoms with Crippen molar-refractivity contribution in [2.45, 2.75) is 0 Å². The highest BCUT2D eigenvalue weighted by Crippen LogP contribution is 2.44. The van der Waals surface area contributed by atoms with Gasteiger partial charge in [-0.15, -0.1) is 0 Å². The molecule has 2 heterocycles. The molecule has 0 spiro atoms. The number of aromatic amines is 1. The van der Waals surface area contributed by atoms with Crippen LogP contribution in [0.5, 0.6) is 11.6 Å². The number of aromatic nitrogens is 2. The molecule has 5 heteroatoms. The fourth-order valence-electron chi connectivity index (χ4n) is 2.75.